The minimum atomic E-state index is -0.427. The van der Waals surface area contributed by atoms with Crippen molar-refractivity contribution in [2.24, 2.45) is 0 Å². The van der Waals surface area contributed by atoms with Crippen LogP contribution in [0.1, 0.15) is 163 Å². The van der Waals surface area contributed by atoms with Gasteiger partial charge in [-0.05, 0) is 26.7 Å². The Balaban J connectivity index is 0. The van der Waals surface area contributed by atoms with E-state index in [4.69, 9.17) is 0 Å². The molecule has 0 aromatic rings. The standard InChI is InChI=1S/C24H46O4.C5H8O2/c1-3-5-7-9-11-13-15-17-19-21-23(25)27-28-24(26)22-20-18-16-14-12-10-8-6-4-2;1-4(6)3-5(2)7/h3-22H2,1-2H3;3H2,1-2H3. The van der Waals surface area contributed by atoms with Crippen molar-refractivity contribution in [3.63, 3.8) is 0 Å². The van der Waals surface area contributed by atoms with E-state index in [2.05, 4.69) is 23.6 Å². The second-order valence-corrected chi connectivity index (χ2v) is 9.65. The lowest BCUT2D eigenvalue weighted by Crippen LogP contribution is -2.11. The molecule has 0 atom stereocenters. The Hall–Kier alpha value is -1.72. The number of Topliss-reactive ketones (excluding diaryl/α,β-unsaturated/α-hetero) is 2. The molecule has 0 saturated carbocycles. The molecule has 0 aliphatic rings. The van der Waals surface area contributed by atoms with Crippen molar-refractivity contribution in [2.45, 2.75) is 163 Å². The summed E-state index contributed by atoms with van der Waals surface area (Å²) in [6.07, 6.45) is 22.4. The lowest BCUT2D eigenvalue weighted by atomic mass is 10.1. The first-order valence-electron chi connectivity index (χ1n) is 14.2. The summed E-state index contributed by atoms with van der Waals surface area (Å²) < 4.78 is 0. The molecular weight excluding hydrogens is 444 g/mol. The van der Waals surface area contributed by atoms with Crippen molar-refractivity contribution in [3.05, 3.63) is 0 Å². The smallest absolute Gasteiger partial charge is 0.300 e. The highest BCUT2D eigenvalue weighted by Gasteiger charge is 2.09. The quantitative estimate of drug-likeness (QED) is 0.0644. The van der Waals surface area contributed by atoms with Crippen molar-refractivity contribution in [1.29, 1.82) is 0 Å². The predicted molar refractivity (Wildman–Crippen MR) is 142 cm³/mol. The Morgan fingerprint density at radius 3 is 0.914 bits per heavy atom. The van der Waals surface area contributed by atoms with Crippen LogP contribution in [-0.2, 0) is 29.0 Å². The largest absolute Gasteiger partial charge is 0.355 e. The van der Waals surface area contributed by atoms with E-state index in [1.807, 2.05) is 0 Å². The van der Waals surface area contributed by atoms with Gasteiger partial charge >= 0.3 is 11.9 Å². The monoisotopic (exact) mass is 498 g/mol. The van der Waals surface area contributed by atoms with E-state index in [0.717, 1.165) is 38.5 Å². The topological polar surface area (TPSA) is 86.7 Å². The van der Waals surface area contributed by atoms with E-state index in [0.29, 0.717) is 12.8 Å². The van der Waals surface area contributed by atoms with E-state index in [1.54, 1.807) is 0 Å². The zero-order valence-corrected chi connectivity index (χ0v) is 23.3. The highest BCUT2D eigenvalue weighted by Crippen LogP contribution is 2.12. The van der Waals surface area contributed by atoms with E-state index in [-0.39, 0.29) is 18.0 Å². The van der Waals surface area contributed by atoms with Gasteiger partial charge in [-0.15, -0.1) is 0 Å². The van der Waals surface area contributed by atoms with Gasteiger partial charge in [0.2, 0.25) is 0 Å². The average Bonchev–Trinajstić information content (AvgIpc) is 2.80. The summed E-state index contributed by atoms with van der Waals surface area (Å²) in [6, 6.07) is 0. The molecule has 0 aromatic carbocycles. The third kappa shape index (κ3) is 34.5. The first-order chi connectivity index (χ1) is 16.8. The number of carbonyl (C=O) groups excluding carboxylic acids is 4. The number of carbonyl (C=O) groups is 4. The Labute approximate surface area is 215 Å². The highest BCUT2D eigenvalue weighted by atomic mass is 17.2. The molecule has 0 N–H and O–H groups in total. The van der Waals surface area contributed by atoms with Crippen molar-refractivity contribution < 1.29 is 29.0 Å². The van der Waals surface area contributed by atoms with Gasteiger partial charge in [-0.1, -0.05) is 117 Å². The number of ketones is 2. The second-order valence-electron chi connectivity index (χ2n) is 9.65. The number of hydrogen-bond donors (Lipinski definition) is 0. The lowest BCUT2D eigenvalue weighted by molar-refractivity contribution is -0.259. The predicted octanol–water partition coefficient (Wildman–Crippen LogP) is 8.38. The molecule has 0 fully saturated rings. The molecule has 6 nitrogen and oxygen atoms in total. The number of rotatable bonds is 22. The maximum atomic E-state index is 11.6. The summed E-state index contributed by atoms with van der Waals surface area (Å²) in [5.74, 6) is -0.980. The molecule has 0 saturated heterocycles. The van der Waals surface area contributed by atoms with Gasteiger partial charge in [-0.25, -0.2) is 19.4 Å². The first kappa shape index (κ1) is 35.4. The van der Waals surface area contributed by atoms with E-state index in [9.17, 15) is 19.2 Å². The Morgan fingerprint density at radius 2 is 0.686 bits per heavy atom. The number of unbranched alkanes of at least 4 members (excludes halogenated alkanes) is 16. The maximum Gasteiger partial charge on any atom is 0.355 e. The zero-order valence-electron chi connectivity index (χ0n) is 23.3. The van der Waals surface area contributed by atoms with Crippen molar-refractivity contribution in [2.75, 3.05) is 0 Å². The van der Waals surface area contributed by atoms with Gasteiger partial charge in [0.05, 0.1) is 19.3 Å². The number of hydrogen-bond acceptors (Lipinski definition) is 6. The van der Waals surface area contributed by atoms with Crippen LogP contribution in [0.3, 0.4) is 0 Å². The van der Waals surface area contributed by atoms with Gasteiger partial charge in [0.15, 0.2) is 0 Å². The SMILES string of the molecule is CC(=O)CC(C)=O.CCCCCCCCCCCC(=O)OOC(=O)CCCCCCCCCCC. The Kier molecular flexibility index (Phi) is 28.9. The van der Waals surface area contributed by atoms with Crippen molar-refractivity contribution in [3.8, 4) is 0 Å². The van der Waals surface area contributed by atoms with Gasteiger partial charge in [-0.3, -0.25) is 9.59 Å². The molecule has 35 heavy (non-hydrogen) atoms. The molecule has 206 valence electrons. The second kappa shape index (κ2) is 28.5. The van der Waals surface area contributed by atoms with Crippen LogP contribution < -0.4 is 0 Å². The zero-order chi connectivity index (χ0) is 26.6. The summed E-state index contributed by atoms with van der Waals surface area (Å²) in [5.41, 5.74) is 0. The van der Waals surface area contributed by atoms with Gasteiger partial charge in [-0.2, -0.15) is 0 Å². The fraction of sp³-hybridized carbons (Fsp3) is 0.862. The molecule has 0 radical (unpaired) electrons. The Morgan fingerprint density at radius 1 is 0.429 bits per heavy atom. The lowest BCUT2D eigenvalue weighted by Gasteiger charge is -2.04. The molecule has 0 unspecified atom stereocenters. The molecule has 6 heteroatoms. The summed E-state index contributed by atoms with van der Waals surface area (Å²) in [4.78, 5) is 52.5. The summed E-state index contributed by atoms with van der Waals surface area (Å²) >= 11 is 0. The van der Waals surface area contributed by atoms with Gasteiger partial charge in [0, 0.05) is 0 Å². The fourth-order valence-electron chi connectivity index (χ4n) is 3.69. The van der Waals surface area contributed by atoms with Crippen molar-refractivity contribution >= 4 is 23.5 Å². The van der Waals surface area contributed by atoms with Crippen LogP contribution in [0.15, 0.2) is 0 Å². The van der Waals surface area contributed by atoms with Crippen LogP contribution in [0.25, 0.3) is 0 Å². The Bertz CT molecular complexity index is 483. The van der Waals surface area contributed by atoms with Crippen LogP contribution in [0, 0.1) is 0 Å². The maximum absolute atomic E-state index is 11.6. The van der Waals surface area contributed by atoms with Crippen LogP contribution in [-0.4, -0.2) is 23.5 Å². The summed E-state index contributed by atoms with van der Waals surface area (Å²) in [5, 5.41) is 0. The molecule has 0 spiro atoms. The molecule has 0 heterocycles. The summed E-state index contributed by atoms with van der Waals surface area (Å²) in [7, 11) is 0. The van der Waals surface area contributed by atoms with E-state index < -0.39 is 11.9 Å². The molecule has 0 aliphatic carbocycles. The molecule has 0 rings (SSSR count). The average molecular weight is 499 g/mol. The molecule has 0 aliphatic heterocycles. The first-order valence-corrected chi connectivity index (χ1v) is 14.2. The van der Waals surface area contributed by atoms with Crippen LogP contribution in [0.5, 0.6) is 0 Å². The van der Waals surface area contributed by atoms with Gasteiger partial charge in [0.25, 0.3) is 0 Å². The molecular formula is C29H54O6. The molecule has 0 amide bonds. The van der Waals surface area contributed by atoms with Crippen molar-refractivity contribution in [1.82, 2.24) is 0 Å². The fourth-order valence-corrected chi connectivity index (χ4v) is 3.69. The third-order valence-corrected chi connectivity index (χ3v) is 5.69. The van der Waals surface area contributed by atoms with E-state index >= 15 is 0 Å². The van der Waals surface area contributed by atoms with Gasteiger partial charge < -0.3 is 0 Å². The van der Waals surface area contributed by atoms with E-state index in [1.165, 1.54) is 90.9 Å². The van der Waals surface area contributed by atoms with Crippen LogP contribution >= 0.6 is 0 Å². The summed E-state index contributed by atoms with van der Waals surface area (Å²) in [6.45, 7) is 7.27. The minimum absolute atomic E-state index is 0.0625. The third-order valence-electron chi connectivity index (χ3n) is 5.69. The highest BCUT2D eigenvalue weighted by molar-refractivity contribution is 5.96. The van der Waals surface area contributed by atoms with Crippen LogP contribution in [0.4, 0.5) is 0 Å². The molecule has 0 bridgehead atoms. The van der Waals surface area contributed by atoms with Crippen LogP contribution in [0.2, 0.25) is 0 Å². The van der Waals surface area contributed by atoms with Gasteiger partial charge in [0.1, 0.15) is 11.6 Å². The minimum Gasteiger partial charge on any atom is -0.300 e. The normalized spacial score (nSPS) is 10.3. The molecule has 0 aromatic heterocycles.